The van der Waals surface area contributed by atoms with E-state index in [-0.39, 0.29) is 12.0 Å². The van der Waals surface area contributed by atoms with Crippen molar-refractivity contribution in [1.29, 1.82) is 0 Å². The number of aryl methyl sites for hydroxylation is 1. The number of carbonyl (C=O) groups excluding carboxylic acids is 1. The van der Waals surface area contributed by atoms with E-state index < -0.39 is 0 Å². The maximum atomic E-state index is 12.4. The van der Waals surface area contributed by atoms with E-state index >= 15 is 0 Å². The molecule has 0 spiro atoms. The minimum absolute atomic E-state index is 0.0206. The molecule has 24 heavy (non-hydrogen) atoms. The number of benzene rings is 1. The number of morpholine rings is 1. The summed E-state index contributed by atoms with van der Waals surface area (Å²) in [6.45, 7) is 3.45. The van der Waals surface area contributed by atoms with Crippen LogP contribution in [-0.2, 0) is 9.53 Å². The minimum Gasteiger partial charge on any atom is -0.399 e. The smallest absolute Gasteiger partial charge is 0.246 e. The van der Waals surface area contributed by atoms with Crippen molar-refractivity contribution in [3.05, 3.63) is 65.5 Å². The molecule has 2 heterocycles. The number of aromatic nitrogens is 1. The standard InChI is InChI=1S/C19H21N3O2/c1-14-11-16(20)12-17(21-14)18-13-22(9-10-24-18)19(23)8-7-15-5-3-2-4-6-15/h2-8,11-12,18H,9-10,13H2,1H3,(H2,20,21)/b8-7+. The molecule has 1 fully saturated rings. The fourth-order valence-corrected chi connectivity index (χ4v) is 2.75. The van der Waals surface area contributed by atoms with Gasteiger partial charge in [-0.1, -0.05) is 30.3 Å². The molecule has 1 aromatic carbocycles. The summed E-state index contributed by atoms with van der Waals surface area (Å²) in [5.74, 6) is -0.0206. The van der Waals surface area contributed by atoms with Crippen molar-refractivity contribution < 1.29 is 9.53 Å². The van der Waals surface area contributed by atoms with Crippen LogP contribution < -0.4 is 5.73 Å². The largest absolute Gasteiger partial charge is 0.399 e. The van der Waals surface area contributed by atoms with Crippen LogP contribution in [0, 0.1) is 6.92 Å². The molecule has 1 unspecified atom stereocenters. The fourth-order valence-electron chi connectivity index (χ4n) is 2.75. The fraction of sp³-hybridized carbons (Fsp3) is 0.263. The molecule has 5 nitrogen and oxygen atoms in total. The van der Waals surface area contributed by atoms with Crippen molar-refractivity contribution in [2.24, 2.45) is 0 Å². The second-order valence-electron chi connectivity index (χ2n) is 5.85. The number of rotatable bonds is 3. The van der Waals surface area contributed by atoms with E-state index in [0.717, 1.165) is 17.0 Å². The molecular formula is C19H21N3O2. The zero-order chi connectivity index (χ0) is 16.9. The third-order valence-corrected chi connectivity index (χ3v) is 3.92. The Kier molecular flexibility index (Phi) is 4.91. The molecule has 3 rings (SSSR count). The number of nitrogens with two attached hydrogens (primary N) is 1. The number of anilines is 1. The van der Waals surface area contributed by atoms with Gasteiger partial charge in [-0.3, -0.25) is 9.78 Å². The van der Waals surface area contributed by atoms with Crippen molar-refractivity contribution in [3.8, 4) is 0 Å². The predicted octanol–water partition coefficient (Wildman–Crippen LogP) is 2.59. The molecule has 2 aromatic rings. The first kappa shape index (κ1) is 16.2. The molecule has 1 atom stereocenters. The molecular weight excluding hydrogens is 302 g/mol. The number of hydrogen-bond donors (Lipinski definition) is 1. The van der Waals surface area contributed by atoms with Crippen molar-refractivity contribution in [2.75, 3.05) is 25.4 Å². The summed E-state index contributed by atoms with van der Waals surface area (Å²) in [4.78, 5) is 18.7. The van der Waals surface area contributed by atoms with Crippen LogP contribution in [0.15, 0.2) is 48.5 Å². The first-order chi connectivity index (χ1) is 11.6. The molecule has 0 bridgehead atoms. The number of nitrogens with zero attached hydrogens (tertiary/aromatic N) is 2. The van der Waals surface area contributed by atoms with Crippen LogP contribution in [0.5, 0.6) is 0 Å². The number of carbonyl (C=O) groups is 1. The highest BCUT2D eigenvalue weighted by Gasteiger charge is 2.25. The molecule has 0 aliphatic carbocycles. The molecule has 1 amide bonds. The van der Waals surface area contributed by atoms with Crippen molar-refractivity contribution in [1.82, 2.24) is 9.88 Å². The lowest BCUT2D eigenvalue weighted by Gasteiger charge is -2.32. The third-order valence-electron chi connectivity index (χ3n) is 3.92. The summed E-state index contributed by atoms with van der Waals surface area (Å²) < 4.78 is 5.78. The summed E-state index contributed by atoms with van der Waals surface area (Å²) in [6.07, 6.45) is 3.20. The summed E-state index contributed by atoms with van der Waals surface area (Å²) in [5, 5.41) is 0. The Morgan fingerprint density at radius 1 is 1.33 bits per heavy atom. The van der Waals surface area contributed by atoms with E-state index in [4.69, 9.17) is 10.5 Å². The second-order valence-corrected chi connectivity index (χ2v) is 5.85. The van der Waals surface area contributed by atoms with Gasteiger partial charge in [0.25, 0.3) is 0 Å². The number of nitrogen functional groups attached to an aromatic ring is 1. The molecule has 2 N–H and O–H groups in total. The minimum atomic E-state index is -0.241. The van der Waals surface area contributed by atoms with Crippen molar-refractivity contribution in [3.63, 3.8) is 0 Å². The number of ether oxygens (including phenoxy) is 1. The van der Waals surface area contributed by atoms with Gasteiger partial charge in [0.15, 0.2) is 0 Å². The number of pyridine rings is 1. The summed E-state index contributed by atoms with van der Waals surface area (Å²) in [6, 6.07) is 13.4. The summed E-state index contributed by atoms with van der Waals surface area (Å²) >= 11 is 0. The lowest BCUT2D eigenvalue weighted by molar-refractivity contribution is -0.133. The Morgan fingerprint density at radius 3 is 2.88 bits per heavy atom. The molecule has 1 aromatic heterocycles. The first-order valence-electron chi connectivity index (χ1n) is 7.99. The summed E-state index contributed by atoms with van der Waals surface area (Å²) in [7, 11) is 0. The van der Waals surface area contributed by atoms with Crippen LogP contribution in [0.1, 0.15) is 23.1 Å². The van der Waals surface area contributed by atoms with Gasteiger partial charge >= 0.3 is 0 Å². The molecule has 0 radical (unpaired) electrons. The van der Waals surface area contributed by atoms with Crippen molar-refractivity contribution >= 4 is 17.7 Å². The van der Waals surface area contributed by atoms with Gasteiger partial charge in [0, 0.05) is 24.0 Å². The van der Waals surface area contributed by atoms with Gasteiger partial charge in [-0.05, 0) is 30.7 Å². The molecule has 1 aliphatic rings. The second kappa shape index (κ2) is 7.27. The topological polar surface area (TPSA) is 68.5 Å². The summed E-state index contributed by atoms with van der Waals surface area (Å²) in [5.41, 5.74) is 9.17. The highest BCUT2D eigenvalue weighted by molar-refractivity contribution is 5.91. The molecule has 1 aliphatic heterocycles. The highest BCUT2D eigenvalue weighted by Crippen LogP contribution is 2.23. The van der Waals surface area contributed by atoms with Gasteiger partial charge in [-0.15, -0.1) is 0 Å². The van der Waals surface area contributed by atoms with E-state index in [1.165, 1.54) is 0 Å². The van der Waals surface area contributed by atoms with Gasteiger partial charge in [-0.25, -0.2) is 0 Å². The third kappa shape index (κ3) is 4.00. The van der Waals surface area contributed by atoms with E-state index in [2.05, 4.69) is 4.98 Å². The molecule has 124 valence electrons. The van der Waals surface area contributed by atoms with Gasteiger partial charge < -0.3 is 15.4 Å². The van der Waals surface area contributed by atoms with Crippen LogP contribution >= 0.6 is 0 Å². The quantitative estimate of drug-likeness (QED) is 0.882. The SMILES string of the molecule is Cc1cc(N)cc(C2CN(C(=O)/C=C/c3ccccc3)CCO2)n1. The van der Waals surface area contributed by atoms with Crippen LogP contribution in [0.3, 0.4) is 0 Å². The lowest BCUT2D eigenvalue weighted by Crippen LogP contribution is -2.41. The first-order valence-corrected chi connectivity index (χ1v) is 7.99. The van der Waals surface area contributed by atoms with Crippen LogP contribution in [0.25, 0.3) is 6.08 Å². The van der Waals surface area contributed by atoms with Crippen LogP contribution in [-0.4, -0.2) is 35.5 Å². The normalized spacial score (nSPS) is 18.0. The van der Waals surface area contributed by atoms with Gasteiger partial charge in [0.1, 0.15) is 6.10 Å². The Labute approximate surface area is 141 Å². The van der Waals surface area contributed by atoms with Gasteiger partial charge in [0.05, 0.1) is 18.8 Å². The molecule has 1 saturated heterocycles. The predicted molar refractivity (Wildman–Crippen MR) is 94.1 cm³/mol. The van der Waals surface area contributed by atoms with E-state index in [0.29, 0.717) is 25.4 Å². The molecule has 5 heteroatoms. The monoisotopic (exact) mass is 323 g/mol. The molecule has 0 saturated carbocycles. The lowest BCUT2D eigenvalue weighted by atomic mass is 10.1. The highest BCUT2D eigenvalue weighted by atomic mass is 16.5. The number of amides is 1. The average molecular weight is 323 g/mol. The Balaban J connectivity index is 1.68. The number of hydrogen-bond acceptors (Lipinski definition) is 4. The van der Waals surface area contributed by atoms with Gasteiger partial charge in [0.2, 0.25) is 5.91 Å². The van der Waals surface area contributed by atoms with Gasteiger partial charge in [-0.2, -0.15) is 0 Å². The Bertz CT molecular complexity index is 723. The zero-order valence-electron chi connectivity index (χ0n) is 13.7. The average Bonchev–Trinajstić information content (AvgIpc) is 2.60. The van der Waals surface area contributed by atoms with Crippen molar-refractivity contribution in [2.45, 2.75) is 13.0 Å². The zero-order valence-corrected chi connectivity index (χ0v) is 13.7. The van der Waals surface area contributed by atoms with E-state index in [9.17, 15) is 4.79 Å². The van der Waals surface area contributed by atoms with Crippen LogP contribution in [0.2, 0.25) is 0 Å². The maximum Gasteiger partial charge on any atom is 0.246 e. The van der Waals surface area contributed by atoms with Crippen LogP contribution in [0.4, 0.5) is 5.69 Å². The Morgan fingerprint density at radius 2 is 2.12 bits per heavy atom. The maximum absolute atomic E-state index is 12.4. The Hall–Kier alpha value is -2.66. The van der Waals surface area contributed by atoms with E-state index in [1.807, 2.05) is 55.5 Å². The van der Waals surface area contributed by atoms with E-state index in [1.54, 1.807) is 11.0 Å².